The van der Waals surface area contributed by atoms with E-state index < -0.39 is 0 Å². The van der Waals surface area contributed by atoms with Gasteiger partial charge in [-0.1, -0.05) is 13.0 Å². The van der Waals surface area contributed by atoms with Crippen LogP contribution in [0.3, 0.4) is 0 Å². The van der Waals surface area contributed by atoms with Crippen molar-refractivity contribution < 1.29 is 0 Å². The number of hydrogen-bond acceptors (Lipinski definition) is 4. The van der Waals surface area contributed by atoms with Crippen molar-refractivity contribution in [2.24, 2.45) is 0 Å². The van der Waals surface area contributed by atoms with Crippen molar-refractivity contribution in [3.8, 4) is 6.07 Å². The molecule has 0 saturated carbocycles. The Morgan fingerprint density at radius 2 is 2.21 bits per heavy atom. The molecule has 0 amide bonds. The maximum absolute atomic E-state index is 8.83. The number of nitrogens with one attached hydrogen (secondary N) is 1. The first kappa shape index (κ1) is 12.9. The minimum absolute atomic E-state index is 0.490. The number of pyridine rings is 1. The number of benzene rings is 1. The van der Waals surface area contributed by atoms with Crippen molar-refractivity contribution >= 4 is 11.4 Å². The van der Waals surface area contributed by atoms with Gasteiger partial charge in [0.15, 0.2) is 0 Å². The molecule has 2 rings (SSSR count). The SMILES string of the molecule is CCc1cccnc1CNc1ccc(C#N)c(N)c1. The molecule has 1 aromatic carbocycles. The number of nitrogen functional groups attached to an aromatic ring is 1. The molecule has 4 heteroatoms. The van der Waals surface area contributed by atoms with Gasteiger partial charge >= 0.3 is 0 Å². The number of hydrogen-bond donors (Lipinski definition) is 2. The number of nitrogens with two attached hydrogens (primary N) is 1. The quantitative estimate of drug-likeness (QED) is 0.820. The number of nitriles is 1. The lowest BCUT2D eigenvalue weighted by Gasteiger charge is -2.10. The molecule has 0 aliphatic rings. The van der Waals surface area contributed by atoms with Gasteiger partial charge in [-0.3, -0.25) is 4.98 Å². The zero-order chi connectivity index (χ0) is 13.7. The van der Waals surface area contributed by atoms with Crippen LogP contribution in [0.25, 0.3) is 0 Å². The van der Waals surface area contributed by atoms with E-state index in [2.05, 4.69) is 23.3 Å². The molecule has 0 bridgehead atoms. The molecule has 0 fully saturated rings. The first-order chi connectivity index (χ1) is 9.24. The second-order valence-corrected chi connectivity index (χ2v) is 4.23. The number of aryl methyl sites for hydroxylation is 1. The van der Waals surface area contributed by atoms with Crippen LogP contribution >= 0.6 is 0 Å². The lowest BCUT2D eigenvalue weighted by atomic mass is 10.1. The van der Waals surface area contributed by atoms with Gasteiger partial charge < -0.3 is 11.1 Å². The first-order valence-electron chi connectivity index (χ1n) is 6.21. The topological polar surface area (TPSA) is 74.7 Å². The fraction of sp³-hybridized carbons (Fsp3) is 0.200. The van der Waals surface area contributed by atoms with Gasteiger partial charge in [-0.2, -0.15) is 5.26 Å². The molecule has 1 aromatic heterocycles. The third-order valence-corrected chi connectivity index (χ3v) is 3.00. The molecule has 0 aliphatic heterocycles. The smallest absolute Gasteiger partial charge is 0.101 e. The maximum atomic E-state index is 8.83. The van der Waals surface area contributed by atoms with Gasteiger partial charge in [0.05, 0.1) is 23.5 Å². The lowest BCUT2D eigenvalue weighted by Crippen LogP contribution is -2.05. The van der Waals surface area contributed by atoms with E-state index in [-0.39, 0.29) is 0 Å². The number of nitrogens with zero attached hydrogens (tertiary/aromatic N) is 2. The molecule has 0 aliphatic carbocycles. The highest BCUT2D eigenvalue weighted by atomic mass is 14.9. The third kappa shape index (κ3) is 3.02. The summed E-state index contributed by atoms with van der Waals surface area (Å²) in [6, 6.07) is 11.4. The monoisotopic (exact) mass is 252 g/mol. The molecule has 3 N–H and O–H groups in total. The van der Waals surface area contributed by atoms with Gasteiger partial charge in [0.2, 0.25) is 0 Å². The van der Waals surface area contributed by atoms with E-state index >= 15 is 0 Å². The second kappa shape index (κ2) is 5.87. The summed E-state index contributed by atoms with van der Waals surface area (Å²) >= 11 is 0. The van der Waals surface area contributed by atoms with Crippen LogP contribution in [0.15, 0.2) is 36.5 Å². The molecule has 0 spiro atoms. The third-order valence-electron chi connectivity index (χ3n) is 3.00. The van der Waals surface area contributed by atoms with Gasteiger partial charge in [0, 0.05) is 11.9 Å². The number of rotatable bonds is 4. The molecule has 0 saturated heterocycles. The summed E-state index contributed by atoms with van der Waals surface area (Å²) in [6.45, 7) is 2.76. The van der Waals surface area contributed by atoms with Crippen LogP contribution in [0.2, 0.25) is 0 Å². The predicted octanol–water partition coefficient (Wildman–Crippen LogP) is 2.71. The zero-order valence-corrected chi connectivity index (χ0v) is 10.9. The minimum atomic E-state index is 0.490. The van der Waals surface area contributed by atoms with E-state index in [1.54, 1.807) is 18.3 Å². The minimum Gasteiger partial charge on any atom is -0.398 e. The molecule has 0 unspecified atom stereocenters. The standard InChI is InChI=1S/C15H16N4/c1-2-11-4-3-7-18-15(11)10-19-13-6-5-12(9-16)14(17)8-13/h3-8,19H,2,10,17H2,1H3. The van der Waals surface area contributed by atoms with Crippen LogP contribution < -0.4 is 11.1 Å². The Bertz CT molecular complexity index is 614. The average molecular weight is 252 g/mol. The average Bonchev–Trinajstić information content (AvgIpc) is 2.45. The van der Waals surface area contributed by atoms with E-state index in [4.69, 9.17) is 11.0 Å². The summed E-state index contributed by atoms with van der Waals surface area (Å²) in [5.41, 5.74) is 9.93. The van der Waals surface area contributed by atoms with Crippen molar-refractivity contribution in [3.05, 3.63) is 53.3 Å². The lowest BCUT2D eigenvalue weighted by molar-refractivity contribution is 0.972. The number of aromatic nitrogens is 1. The Labute approximate surface area is 112 Å². The molecule has 0 atom stereocenters. The van der Waals surface area contributed by atoms with Crippen LogP contribution in [0.5, 0.6) is 0 Å². The molecule has 1 heterocycles. The summed E-state index contributed by atoms with van der Waals surface area (Å²) in [7, 11) is 0. The number of anilines is 2. The molecular weight excluding hydrogens is 236 g/mol. The molecule has 19 heavy (non-hydrogen) atoms. The summed E-state index contributed by atoms with van der Waals surface area (Å²) in [5, 5.41) is 12.1. The largest absolute Gasteiger partial charge is 0.398 e. The Morgan fingerprint density at radius 1 is 1.37 bits per heavy atom. The summed E-state index contributed by atoms with van der Waals surface area (Å²) in [6.07, 6.45) is 2.75. The molecule has 4 nitrogen and oxygen atoms in total. The van der Waals surface area contributed by atoms with Crippen LogP contribution in [0.4, 0.5) is 11.4 Å². The van der Waals surface area contributed by atoms with Crippen molar-refractivity contribution in [1.29, 1.82) is 5.26 Å². The van der Waals surface area contributed by atoms with Crippen molar-refractivity contribution in [3.63, 3.8) is 0 Å². The van der Waals surface area contributed by atoms with E-state index in [0.717, 1.165) is 17.8 Å². The van der Waals surface area contributed by atoms with Gasteiger partial charge in [0.25, 0.3) is 0 Å². The summed E-state index contributed by atoms with van der Waals surface area (Å²) in [5.74, 6) is 0. The Kier molecular flexibility index (Phi) is 3.99. The first-order valence-corrected chi connectivity index (χ1v) is 6.21. The predicted molar refractivity (Wildman–Crippen MR) is 76.5 cm³/mol. The van der Waals surface area contributed by atoms with Gasteiger partial charge in [-0.05, 0) is 36.2 Å². The summed E-state index contributed by atoms with van der Waals surface area (Å²) in [4.78, 5) is 4.37. The van der Waals surface area contributed by atoms with Gasteiger partial charge in [-0.15, -0.1) is 0 Å². The highest BCUT2D eigenvalue weighted by molar-refractivity contribution is 5.62. The second-order valence-electron chi connectivity index (χ2n) is 4.23. The van der Waals surface area contributed by atoms with Gasteiger partial charge in [0.1, 0.15) is 6.07 Å². The Balaban J connectivity index is 2.11. The van der Waals surface area contributed by atoms with E-state index in [9.17, 15) is 0 Å². The van der Waals surface area contributed by atoms with Crippen molar-refractivity contribution in [2.45, 2.75) is 19.9 Å². The zero-order valence-electron chi connectivity index (χ0n) is 10.9. The highest BCUT2D eigenvalue weighted by Gasteiger charge is 2.03. The van der Waals surface area contributed by atoms with E-state index in [0.29, 0.717) is 17.8 Å². The van der Waals surface area contributed by atoms with Crippen LogP contribution in [0, 0.1) is 11.3 Å². The maximum Gasteiger partial charge on any atom is 0.101 e. The highest BCUT2D eigenvalue weighted by Crippen LogP contribution is 2.18. The van der Waals surface area contributed by atoms with E-state index in [1.165, 1.54) is 5.56 Å². The molecule has 0 radical (unpaired) electrons. The Morgan fingerprint density at radius 3 is 2.89 bits per heavy atom. The van der Waals surface area contributed by atoms with Crippen molar-refractivity contribution in [1.82, 2.24) is 4.98 Å². The molecular formula is C15H16N4. The van der Waals surface area contributed by atoms with Crippen LogP contribution in [0.1, 0.15) is 23.7 Å². The summed E-state index contributed by atoms with van der Waals surface area (Å²) < 4.78 is 0. The fourth-order valence-corrected chi connectivity index (χ4v) is 1.91. The molecule has 96 valence electrons. The van der Waals surface area contributed by atoms with Gasteiger partial charge in [-0.25, -0.2) is 0 Å². The van der Waals surface area contributed by atoms with Crippen LogP contribution in [-0.2, 0) is 13.0 Å². The fourth-order valence-electron chi connectivity index (χ4n) is 1.91. The van der Waals surface area contributed by atoms with Crippen molar-refractivity contribution in [2.75, 3.05) is 11.1 Å². The molecule has 2 aromatic rings. The normalized spacial score (nSPS) is 9.89. The van der Waals surface area contributed by atoms with E-state index in [1.807, 2.05) is 18.2 Å². The van der Waals surface area contributed by atoms with Crippen LogP contribution in [-0.4, -0.2) is 4.98 Å². The Hall–Kier alpha value is -2.54.